The highest BCUT2D eigenvalue weighted by Crippen LogP contribution is 2.19. The molecule has 0 atom stereocenters. The molecule has 2 heterocycles. The number of nitrogens with zero attached hydrogens (tertiary/aromatic N) is 4. The summed E-state index contributed by atoms with van der Waals surface area (Å²) in [5.74, 6) is 0.930. The molecule has 0 bridgehead atoms. The summed E-state index contributed by atoms with van der Waals surface area (Å²) in [6.07, 6.45) is 3.74. The number of aryl methyl sites for hydroxylation is 1. The Bertz CT molecular complexity index is 683. The molecule has 5 heteroatoms. The Kier molecular flexibility index (Phi) is 2.72. The number of nitrogen functional groups attached to an aromatic ring is 1. The minimum Gasteiger partial charge on any atom is -0.368 e. The van der Waals surface area contributed by atoms with Gasteiger partial charge in [0.25, 0.3) is 0 Å². The quantitative estimate of drug-likeness (QED) is 0.758. The first kappa shape index (κ1) is 11.4. The van der Waals surface area contributed by atoms with Crippen molar-refractivity contribution in [2.75, 3.05) is 5.73 Å². The smallest absolute Gasteiger partial charge is 0.222 e. The lowest BCUT2D eigenvalue weighted by atomic mass is 10.1. The summed E-state index contributed by atoms with van der Waals surface area (Å²) in [5, 5.41) is 4.32. The van der Waals surface area contributed by atoms with E-state index in [0.29, 0.717) is 5.82 Å². The van der Waals surface area contributed by atoms with Crippen molar-refractivity contribution in [1.82, 2.24) is 19.7 Å². The predicted octanol–water partition coefficient (Wildman–Crippen LogP) is 2.22. The van der Waals surface area contributed by atoms with Crippen LogP contribution in [0.5, 0.6) is 0 Å². The Morgan fingerprint density at radius 3 is 2.58 bits per heavy atom. The van der Waals surface area contributed by atoms with E-state index in [1.807, 2.05) is 55.7 Å². The summed E-state index contributed by atoms with van der Waals surface area (Å²) in [6, 6.07) is 11.9. The second-order valence-corrected chi connectivity index (χ2v) is 4.27. The maximum Gasteiger partial charge on any atom is 0.222 e. The molecule has 0 aliphatic carbocycles. The van der Waals surface area contributed by atoms with Crippen molar-refractivity contribution >= 4 is 5.95 Å². The lowest BCUT2D eigenvalue weighted by Gasteiger charge is -2.02. The average Bonchev–Trinajstić information content (AvgIpc) is 2.88. The van der Waals surface area contributed by atoms with Crippen LogP contribution in [0, 0.1) is 6.92 Å². The number of rotatable bonds is 2. The first-order valence-electron chi connectivity index (χ1n) is 5.94. The number of benzene rings is 1. The molecule has 0 saturated heterocycles. The molecule has 0 amide bonds. The van der Waals surface area contributed by atoms with Crippen molar-refractivity contribution in [2.24, 2.45) is 0 Å². The summed E-state index contributed by atoms with van der Waals surface area (Å²) >= 11 is 0. The van der Waals surface area contributed by atoms with Gasteiger partial charge in [0.2, 0.25) is 5.95 Å². The highest BCUT2D eigenvalue weighted by molar-refractivity contribution is 5.61. The number of nitrogens with two attached hydrogens (primary N) is 1. The van der Waals surface area contributed by atoms with Crippen LogP contribution in [-0.2, 0) is 0 Å². The van der Waals surface area contributed by atoms with E-state index in [-0.39, 0.29) is 5.95 Å². The molecule has 0 aliphatic rings. The zero-order valence-corrected chi connectivity index (χ0v) is 10.5. The number of aromatic nitrogens is 4. The number of hydrogen-bond acceptors (Lipinski definition) is 4. The molecule has 0 radical (unpaired) electrons. The lowest BCUT2D eigenvalue weighted by molar-refractivity contribution is 0.838. The predicted molar refractivity (Wildman–Crippen MR) is 73.7 cm³/mol. The summed E-state index contributed by atoms with van der Waals surface area (Å²) in [6.45, 7) is 1.88. The fourth-order valence-corrected chi connectivity index (χ4v) is 1.92. The molecule has 0 saturated carbocycles. The van der Waals surface area contributed by atoms with Gasteiger partial charge < -0.3 is 5.73 Å². The Labute approximate surface area is 110 Å². The first-order valence-corrected chi connectivity index (χ1v) is 5.94. The van der Waals surface area contributed by atoms with Crippen LogP contribution in [0.2, 0.25) is 0 Å². The molecule has 2 N–H and O–H groups in total. The van der Waals surface area contributed by atoms with Gasteiger partial charge in [0.05, 0.1) is 6.20 Å². The van der Waals surface area contributed by atoms with Gasteiger partial charge in [0.1, 0.15) is 0 Å². The van der Waals surface area contributed by atoms with Gasteiger partial charge in [0.15, 0.2) is 5.82 Å². The minimum atomic E-state index is 0.256. The second kappa shape index (κ2) is 4.53. The highest BCUT2D eigenvalue weighted by Gasteiger charge is 2.05. The molecule has 2 aromatic heterocycles. The van der Waals surface area contributed by atoms with Crippen LogP contribution in [0.4, 0.5) is 5.95 Å². The van der Waals surface area contributed by atoms with E-state index in [0.717, 1.165) is 16.8 Å². The van der Waals surface area contributed by atoms with E-state index in [4.69, 9.17) is 5.73 Å². The summed E-state index contributed by atoms with van der Waals surface area (Å²) in [7, 11) is 0. The molecule has 3 rings (SSSR count). The van der Waals surface area contributed by atoms with Gasteiger partial charge in [-0.15, -0.1) is 0 Å². The Hall–Kier alpha value is -2.69. The molecule has 0 unspecified atom stereocenters. The Morgan fingerprint density at radius 1 is 1.05 bits per heavy atom. The van der Waals surface area contributed by atoms with Crippen LogP contribution in [-0.4, -0.2) is 19.7 Å². The number of hydrogen-bond donors (Lipinski definition) is 1. The SMILES string of the molecule is Cc1cc(-n2cc(-c3ccccc3)cn2)nc(N)n1. The van der Waals surface area contributed by atoms with Crippen molar-refractivity contribution in [3.05, 3.63) is 54.5 Å². The third-order valence-electron chi connectivity index (χ3n) is 2.78. The Balaban J connectivity index is 2.02. The third kappa shape index (κ3) is 2.30. The highest BCUT2D eigenvalue weighted by atomic mass is 15.3. The van der Waals surface area contributed by atoms with Crippen molar-refractivity contribution in [1.29, 1.82) is 0 Å². The maximum absolute atomic E-state index is 5.65. The molecular weight excluding hydrogens is 238 g/mol. The van der Waals surface area contributed by atoms with Gasteiger partial charge in [-0.3, -0.25) is 0 Å². The third-order valence-corrected chi connectivity index (χ3v) is 2.78. The molecule has 1 aromatic carbocycles. The average molecular weight is 251 g/mol. The van der Waals surface area contributed by atoms with Gasteiger partial charge >= 0.3 is 0 Å². The van der Waals surface area contributed by atoms with Crippen molar-refractivity contribution in [3.8, 4) is 16.9 Å². The van der Waals surface area contributed by atoms with Crippen LogP contribution in [0.3, 0.4) is 0 Å². The van der Waals surface area contributed by atoms with Crippen molar-refractivity contribution < 1.29 is 0 Å². The normalized spacial score (nSPS) is 10.6. The zero-order chi connectivity index (χ0) is 13.2. The molecule has 3 aromatic rings. The molecule has 0 fully saturated rings. The zero-order valence-electron chi connectivity index (χ0n) is 10.5. The minimum absolute atomic E-state index is 0.256. The lowest BCUT2D eigenvalue weighted by Crippen LogP contribution is -2.04. The monoisotopic (exact) mass is 251 g/mol. The van der Waals surface area contributed by atoms with Gasteiger partial charge in [-0.2, -0.15) is 10.1 Å². The fourth-order valence-electron chi connectivity index (χ4n) is 1.92. The van der Waals surface area contributed by atoms with E-state index in [1.54, 1.807) is 4.68 Å². The van der Waals surface area contributed by atoms with Gasteiger partial charge in [0, 0.05) is 23.5 Å². The standard InChI is InChI=1S/C14H13N5/c1-10-7-13(18-14(15)17-10)19-9-12(8-16-19)11-5-3-2-4-6-11/h2-9H,1H3,(H2,15,17,18). The van der Waals surface area contributed by atoms with Crippen molar-refractivity contribution in [3.63, 3.8) is 0 Å². The fraction of sp³-hybridized carbons (Fsp3) is 0.0714. The maximum atomic E-state index is 5.65. The van der Waals surface area contributed by atoms with Gasteiger partial charge in [-0.1, -0.05) is 30.3 Å². The second-order valence-electron chi connectivity index (χ2n) is 4.27. The molecule has 0 aliphatic heterocycles. The van der Waals surface area contributed by atoms with E-state index in [9.17, 15) is 0 Å². The molecule has 94 valence electrons. The van der Waals surface area contributed by atoms with E-state index in [1.165, 1.54) is 0 Å². The summed E-state index contributed by atoms with van der Waals surface area (Å²) in [4.78, 5) is 8.23. The van der Waals surface area contributed by atoms with Crippen molar-refractivity contribution in [2.45, 2.75) is 6.92 Å². The number of anilines is 1. The van der Waals surface area contributed by atoms with Crippen LogP contribution in [0.15, 0.2) is 48.8 Å². The summed E-state index contributed by atoms with van der Waals surface area (Å²) < 4.78 is 1.70. The van der Waals surface area contributed by atoms with E-state index >= 15 is 0 Å². The van der Waals surface area contributed by atoms with Crippen LogP contribution in [0.1, 0.15) is 5.69 Å². The Morgan fingerprint density at radius 2 is 1.84 bits per heavy atom. The van der Waals surface area contributed by atoms with Crippen LogP contribution in [0.25, 0.3) is 16.9 Å². The summed E-state index contributed by atoms with van der Waals surface area (Å²) in [5.41, 5.74) is 8.63. The molecular formula is C14H13N5. The van der Waals surface area contributed by atoms with Crippen LogP contribution >= 0.6 is 0 Å². The molecule has 0 spiro atoms. The molecule has 5 nitrogen and oxygen atoms in total. The van der Waals surface area contributed by atoms with E-state index < -0.39 is 0 Å². The topological polar surface area (TPSA) is 69.6 Å². The van der Waals surface area contributed by atoms with Gasteiger partial charge in [-0.05, 0) is 12.5 Å². The van der Waals surface area contributed by atoms with Crippen LogP contribution < -0.4 is 5.73 Å². The molecule has 19 heavy (non-hydrogen) atoms. The van der Waals surface area contributed by atoms with E-state index in [2.05, 4.69) is 15.1 Å². The largest absolute Gasteiger partial charge is 0.368 e. The first-order chi connectivity index (χ1) is 9.22. The van der Waals surface area contributed by atoms with Gasteiger partial charge in [-0.25, -0.2) is 9.67 Å².